The van der Waals surface area contributed by atoms with Crippen molar-refractivity contribution < 1.29 is 0 Å². The smallest absolute Gasteiger partial charge is 0.306 e. The SMILES string of the molecule is CCCN(CCC)C1Cc2c(Cl)ccc3[nH]c(=O)n(c23)C1. The van der Waals surface area contributed by atoms with Gasteiger partial charge in [-0.2, -0.15) is 0 Å². The van der Waals surface area contributed by atoms with Gasteiger partial charge in [-0.15, -0.1) is 0 Å². The number of benzene rings is 1. The van der Waals surface area contributed by atoms with E-state index in [9.17, 15) is 4.79 Å². The van der Waals surface area contributed by atoms with E-state index in [1.54, 1.807) is 0 Å². The molecule has 3 rings (SSSR count). The van der Waals surface area contributed by atoms with Gasteiger partial charge in [-0.3, -0.25) is 9.47 Å². The summed E-state index contributed by atoms with van der Waals surface area (Å²) in [5, 5.41) is 0.771. The predicted octanol–water partition coefficient (Wildman–Crippen LogP) is 3.03. The molecule has 0 amide bonds. The second kappa shape index (κ2) is 5.85. The molecule has 2 heterocycles. The lowest BCUT2D eigenvalue weighted by molar-refractivity contribution is 0.173. The van der Waals surface area contributed by atoms with Gasteiger partial charge in [-0.1, -0.05) is 25.4 Å². The molecule has 4 nitrogen and oxygen atoms in total. The molecule has 0 aliphatic carbocycles. The maximum atomic E-state index is 12.2. The second-order valence-electron chi connectivity index (χ2n) is 5.86. The molecule has 1 aromatic carbocycles. The Labute approximate surface area is 129 Å². The fourth-order valence-electron chi connectivity index (χ4n) is 3.48. The van der Waals surface area contributed by atoms with Crippen LogP contribution < -0.4 is 5.69 Å². The number of halogens is 1. The van der Waals surface area contributed by atoms with E-state index < -0.39 is 0 Å². The Balaban J connectivity index is 2.03. The molecule has 1 aromatic heterocycles. The van der Waals surface area contributed by atoms with E-state index in [1.807, 2.05) is 16.7 Å². The summed E-state index contributed by atoms with van der Waals surface area (Å²) >= 11 is 6.39. The van der Waals surface area contributed by atoms with Crippen molar-refractivity contribution in [2.24, 2.45) is 0 Å². The summed E-state index contributed by atoms with van der Waals surface area (Å²) < 4.78 is 1.86. The number of hydrogen-bond donors (Lipinski definition) is 1. The van der Waals surface area contributed by atoms with Crippen molar-refractivity contribution in [2.75, 3.05) is 13.1 Å². The normalized spacial score (nSPS) is 17.8. The molecule has 1 atom stereocenters. The Morgan fingerprint density at radius 1 is 1.33 bits per heavy atom. The zero-order chi connectivity index (χ0) is 15.0. The van der Waals surface area contributed by atoms with E-state index in [2.05, 4.69) is 23.7 Å². The van der Waals surface area contributed by atoms with Gasteiger partial charge in [0.05, 0.1) is 11.0 Å². The van der Waals surface area contributed by atoms with Crippen LogP contribution in [0.25, 0.3) is 11.0 Å². The van der Waals surface area contributed by atoms with Crippen molar-refractivity contribution in [3.8, 4) is 0 Å². The van der Waals surface area contributed by atoms with E-state index in [-0.39, 0.29) is 5.69 Å². The van der Waals surface area contributed by atoms with Crippen LogP contribution >= 0.6 is 11.6 Å². The number of H-pyrrole nitrogens is 1. The lowest BCUT2D eigenvalue weighted by atomic mass is 9.98. The lowest BCUT2D eigenvalue weighted by Crippen LogP contribution is -2.44. The third kappa shape index (κ3) is 2.51. The van der Waals surface area contributed by atoms with E-state index in [0.717, 1.165) is 60.5 Å². The van der Waals surface area contributed by atoms with Crippen LogP contribution in [-0.4, -0.2) is 33.6 Å². The molecule has 1 aliphatic rings. The van der Waals surface area contributed by atoms with E-state index in [4.69, 9.17) is 11.6 Å². The van der Waals surface area contributed by atoms with Gasteiger partial charge in [0.2, 0.25) is 0 Å². The zero-order valence-corrected chi connectivity index (χ0v) is 13.4. The molecule has 0 fully saturated rings. The highest BCUT2D eigenvalue weighted by atomic mass is 35.5. The Morgan fingerprint density at radius 2 is 2.05 bits per heavy atom. The van der Waals surface area contributed by atoms with Crippen LogP contribution in [0, 0.1) is 0 Å². The van der Waals surface area contributed by atoms with Gasteiger partial charge in [0.25, 0.3) is 0 Å². The number of aromatic nitrogens is 2. The highest BCUT2D eigenvalue weighted by Crippen LogP contribution is 2.30. The van der Waals surface area contributed by atoms with Crippen molar-refractivity contribution >= 4 is 22.6 Å². The average molecular weight is 308 g/mol. The Kier molecular flexibility index (Phi) is 4.09. The number of imidazole rings is 1. The molecule has 0 saturated carbocycles. The Bertz CT molecular complexity index is 697. The van der Waals surface area contributed by atoms with Gasteiger partial charge in [0.1, 0.15) is 0 Å². The molecule has 1 N–H and O–H groups in total. The third-order valence-corrected chi connectivity index (χ3v) is 4.71. The molecule has 5 heteroatoms. The lowest BCUT2D eigenvalue weighted by Gasteiger charge is -2.34. The maximum Gasteiger partial charge on any atom is 0.326 e. The summed E-state index contributed by atoms with van der Waals surface area (Å²) in [5.41, 5.74) is 2.99. The van der Waals surface area contributed by atoms with Crippen LogP contribution in [0.1, 0.15) is 32.3 Å². The fraction of sp³-hybridized carbons (Fsp3) is 0.562. The number of aromatic amines is 1. The summed E-state index contributed by atoms with van der Waals surface area (Å²) in [6.07, 6.45) is 3.18. The van der Waals surface area contributed by atoms with Crippen molar-refractivity contribution in [1.82, 2.24) is 14.5 Å². The van der Waals surface area contributed by atoms with Crippen molar-refractivity contribution in [3.63, 3.8) is 0 Å². The molecule has 2 aromatic rings. The first-order valence-corrected chi connectivity index (χ1v) is 8.17. The summed E-state index contributed by atoms with van der Waals surface area (Å²) in [6.45, 7) is 7.30. The fourth-order valence-corrected chi connectivity index (χ4v) is 3.71. The van der Waals surface area contributed by atoms with Crippen LogP contribution in [0.2, 0.25) is 5.02 Å². The predicted molar refractivity (Wildman–Crippen MR) is 87.2 cm³/mol. The minimum atomic E-state index is -0.0221. The molecule has 0 spiro atoms. The molecule has 0 radical (unpaired) electrons. The molecular weight excluding hydrogens is 286 g/mol. The number of nitrogens with zero attached hydrogens (tertiary/aromatic N) is 2. The van der Waals surface area contributed by atoms with Gasteiger partial charge in [-0.25, -0.2) is 4.79 Å². The van der Waals surface area contributed by atoms with Gasteiger partial charge in [0.15, 0.2) is 0 Å². The summed E-state index contributed by atoms with van der Waals surface area (Å²) in [5.74, 6) is 0. The molecular formula is C16H22ClN3O. The Hall–Kier alpha value is -1.26. The maximum absolute atomic E-state index is 12.2. The van der Waals surface area contributed by atoms with Crippen molar-refractivity contribution in [3.05, 3.63) is 33.2 Å². The van der Waals surface area contributed by atoms with E-state index in [0.29, 0.717) is 6.04 Å². The first-order valence-electron chi connectivity index (χ1n) is 7.79. The van der Waals surface area contributed by atoms with Gasteiger partial charge in [0, 0.05) is 17.6 Å². The standard InChI is InChI=1S/C16H22ClN3O/c1-3-7-19(8-4-2)11-9-12-13(17)5-6-14-15(12)20(10-11)16(21)18-14/h5-6,11H,3-4,7-10H2,1-2H3,(H,18,21). The van der Waals surface area contributed by atoms with E-state index >= 15 is 0 Å². The molecule has 0 saturated heterocycles. The summed E-state index contributed by atoms with van der Waals surface area (Å²) in [7, 11) is 0. The minimum Gasteiger partial charge on any atom is -0.306 e. The molecule has 0 bridgehead atoms. The van der Waals surface area contributed by atoms with Crippen LogP contribution in [0.3, 0.4) is 0 Å². The number of rotatable bonds is 5. The van der Waals surface area contributed by atoms with Crippen LogP contribution in [0.15, 0.2) is 16.9 Å². The minimum absolute atomic E-state index is 0.0221. The van der Waals surface area contributed by atoms with Crippen LogP contribution in [0.5, 0.6) is 0 Å². The zero-order valence-electron chi connectivity index (χ0n) is 12.7. The Morgan fingerprint density at radius 3 is 2.71 bits per heavy atom. The third-order valence-electron chi connectivity index (χ3n) is 4.35. The number of nitrogens with one attached hydrogen (secondary N) is 1. The summed E-state index contributed by atoms with van der Waals surface area (Å²) in [4.78, 5) is 17.6. The van der Waals surface area contributed by atoms with Gasteiger partial charge in [-0.05, 0) is 50.0 Å². The first-order chi connectivity index (χ1) is 10.2. The van der Waals surface area contributed by atoms with Crippen molar-refractivity contribution in [2.45, 2.75) is 45.7 Å². The van der Waals surface area contributed by atoms with Crippen LogP contribution in [0.4, 0.5) is 0 Å². The second-order valence-corrected chi connectivity index (χ2v) is 6.26. The molecule has 1 unspecified atom stereocenters. The van der Waals surface area contributed by atoms with Crippen molar-refractivity contribution in [1.29, 1.82) is 0 Å². The topological polar surface area (TPSA) is 41.0 Å². The highest BCUT2D eigenvalue weighted by molar-refractivity contribution is 6.32. The van der Waals surface area contributed by atoms with E-state index in [1.165, 1.54) is 0 Å². The van der Waals surface area contributed by atoms with Gasteiger partial charge < -0.3 is 4.98 Å². The molecule has 1 aliphatic heterocycles. The molecule has 114 valence electrons. The molecule has 21 heavy (non-hydrogen) atoms. The largest absolute Gasteiger partial charge is 0.326 e. The van der Waals surface area contributed by atoms with Gasteiger partial charge >= 0.3 is 5.69 Å². The number of hydrogen-bond acceptors (Lipinski definition) is 2. The summed E-state index contributed by atoms with van der Waals surface area (Å²) in [6, 6.07) is 4.15. The quantitative estimate of drug-likeness (QED) is 0.922. The monoisotopic (exact) mass is 307 g/mol. The highest BCUT2D eigenvalue weighted by Gasteiger charge is 2.28. The first kappa shape index (κ1) is 14.7. The average Bonchev–Trinajstić information content (AvgIpc) is 2.80. The van der Waals surface area contributed by atoms with Crippen LogP contribution in [-0.2, 0) is 13.0 Å².